The zero-order valence-electron chi connectivity index (χ0n) is 22.5. The van der Waals surface area contributed by atoms with Crippen molar-refractivity contribution >= 4 is 34.0 Å². The lowest BCUT2D eigenvalue weighted by atomic mass is 9.94. The van der Waals surface area contributed by atoms with Crippen molar-refractivity contribution in [2.75, 3.05) is 37.0 Å². The van der Waals surface area contributed by atoms with Gasteiger partial charge in [0.1, 0.15) is 0 Å². The predicted molar refractivity (Wildman–Crippen MR) is 150 cm³/mol. The van der Waals surface area contributed by atoms with Crippen molar-refractivity contribution in [2.24, 2.45) is 0 Å². The van der Waals surface area contributed by atoms with Crippen molar-refractivity contribution < 1.29 is 9.59 Å². The molecule has 2 aliphatic heterocycles. The monoisotopic (exact) mass is 496 g/mol. The van der Waals surface area contributed by atoms with Crippen molar-refractivity contribution in [3.63, 3.8) is 0 Å². The van der Waals surface area contributed by atoms with Gasteiger partial charge in [-0.05, 0) is 87.9 Å². The summed E-state index contributed by atoms with van der Waals surface area (Å²) in [6.45, 7) is 8.54. The lowest BCUT2D eigenvalue weighted by Gasteiger charge is -2.29. The SMILES string of the molecule is Cc1c(C(=O)NC2(c3ccc4c5c(cccc35)C(=O)N4C)CC2)cccc1N1CCC(N(C)C(C)C)C1. The van der Waals surface area contributed by atoms with E-state index in [1.807, 2.05) is 37.4 Å². The molecule has 1 saturated carbocycles. The second-order valence-electron chi connectivity index (χ2n) is 11.4. The first-order valence-corrected chi connectivity index (χ1v) is 13.4. The van der Waals surface area contributed by atoms with Crippen LogP contribution in [0.15, 0.2) is 48.5 Å². The molecule has 3 aromatic rings. The summed E-state index contributed by atoms with van der Waals surface area (Å²) in [5.74, 6) is 0.00570. The fourth-order valence-electron chi connectivity index (χ4n) is 6.35. The number of nitrogens with one attached hydrogen (secondary N) is 1. The van der Waals surface area contributed by atoms with Crippen LogP contribution in [0.3, 0.4) is 0 Å². The number of benzene rings is 3. The van der Waals surface area contributed by atoms with E-state index in [-0.39, 0.29) is 17.4 Å². The van der Waals surface area contributed by atoms with Crippen LogP contribution in [0.25, 0.3) is 10.8 Å². The van der Waals surface area contributed by atoms with Crippen LogP contribution >= 0.6 is 0 Å². The summed E-state index contributed by atoms with van der Waals surface area (Å²) in [4.78, 5) is 33.0. The normalized spacial score (nSPS) is 20.0. The average Bonchev–Trinajstić information content (AvgIpc) is 3.41. The van der Waals surface area contributed by atoms with Gasteiger partial charge in [0.2, 0.25) is 0 Å². The molecule has 1 unspecified atom stereocenters. The topological polar surface area (TPSA) is 55.9 Å². The summed E-state index contributed by atoms with van der Waals surface area (Å²) in [5, 5.41) is 5.47. The van der Waals surface area contributed by atoms with Gasteiger partial charge in [0.15, 0.2) is 0 Å². The van der Waals surface area contributed by atoms with E-state index in [0.29, 0.717) is 12.1 Å². The Kier molecular flexibility index (Phi) is 5.57. The van der Waals surface area contributed by atoms with Gasteiger partial charge in [0.25, 0.3) is 11.8 Å². The van der Waals surface area contributed by atoms with Gasteiger partial charge in [-0.25, -0.2) is 0 Å². The lowest BCUT2D eigenvalue weighted by molar-refractivity contribution is 0.0929. The van der Waals surface area contributed by atoms with E-state index in [4.69, 9.17) is 0 Å². The van der Waals surface area contributed by atoms with E-state index in [9.17, 15) is 9.59 Å². The van der Waals surface area contributed by atoms with Crippen LogP contribution in [0, 0.1) is 6.92 Å². The Hall–Kier alpha value is -3.38. The summed E-state index contributed by atoms with van der Waals surface area (Å²) in [6.07, 6.45) is 2.93. The van der Waals surface area contributed by atoms with E-state index < -0.39 is 0 Å². The van der Waals surface area contributed by atoms with Gasteiger partial charge in [-0.2, -0.15) is 0 Å². The molecular formula is C31H36N4O2. The molecule has 2 heterocycles. The summed E-state index contributed by atoms with van der Waals surface area (Å²) in [5.41, 5.74) is 5.34. The number of anilines is 2. The molecule has 6 nitrogen and oxygen atoms in total. The Labute approximate surface area is 219 Å². The van der Waals surface area contributed by atoms with Crippen molar-refractivity contribution in [3.05, 3.63) is 70.8 Å². The first-order valence-electron chi connectivity index (χ1n) is 13.4. The van der Waals surface area contributed by atoms with E-state index in [2.05, 4.69) is 61.1 Å². The Bertz CT molecular complexity index is 1420. The van der Waals surface area contributed by atoms with E-state index in [1.54, 1.807) is 4.90 Å². The largest absolute Gasteiger partial charge is 0.370 e. The number of hydrogen-bond donors (Lipinski definition) is 1. The molecule has 2 amide bonds. The molecule has 0 bridgehead atoms. The highest BCUT2D eigenvalue weighted by Gasteiger charge is 2.47. The summed E-state index contributed by atoms with van der Waals surface area (Å²) in [6, 6.07) is 17.2. The first-order chi connectivity index (χ1) is 17.7. The zero-order valence-corrected chi connectivity index (χ0v) is 22.5. The smallest absolute Gasteiger partial charge is 0.258 e. The fourth-order valence-corrected chi connectivity index (χ4v) is 6.35. The number of rotatable bonds is 6. The second kappa shape index (κ2) is 8.59. The molecule has 6 heteroatoms. The molecule has 192 valence electrons. The standard InChI is InChI=1S/C31H36N4O2/c1-19(2)33(4)21-14-17-35(18-21)26-11-7-8-22(20(26)3)29(36)32-31(15-16-31)25-12-13-27-28-23(25)9-6-10-24(28)30(37)34(27)5/h6-13,19,21H,14-18H2,1-5H3,(H,32,36). The molecule has 0 spiro atoms. The van der Waals surface area contributed by atoms with Crippen molar-refractivity contribution in [1.29, 1.82) is 0 Å². The number of hydrogen-bond acceptors (Lipinski definition) is 4. The molecule has 1 atom stereocenters. The van der Waals surface area contributed by atoms with E-state index >= 15 is 0 Å². The maximum absolute atomic E-state index is 13.7. The highest BCUT2D eigenvalue weighted by Crippen LogP contribution is 2.50. The molecule has 1 aliphatic carbocycles. The summed E-state index contributed by atoms with van der Waals surface area (Å²) >= 11 is 0. The third-order valence-corrected chi connectivity index (χ3v) is 8.98. The molecule has 1 saturated heterocycles. The van der Waals surface area contributed by atoms with Gasteiger partial charge < -0.3 is 15.1 Å². The van der Waals surface area contributed by atoms with Crippen LogP contribution in [0.4, 0.5) is 11.4 Å². The molecule has 2 fully saturated rings. The van der Waals surface area contributed by atoms with Crippen LogP contribution in [-0.4, -0.2) is 56.0 Å². The number of nitrogens with zero attached hydrogens (tertiary/aromatic N) is 3. The second-order valence-corrected chi connectivity index (χ2v) is 11.4. The lowest BCUT2D eigenvalue weighted by Crippen LogP contribution is -2.39. The van der Waals surface area contributed by atoms with Gasteiger partial charge in [0.05, 0.1) is 11.2 Å². The van der Waals surface area contributed by atoms with Crippen LogP contribution in [0.5, 0.6) is 0 Å². The van der Waals surface area contributed by atoms with E-state index in [1.165, 1.54) is 0 Å². The molecule has 0 aromatic heterocycles. The fraction of sp³-hybridized carbons (Fsp3) is 0.419. The van der Waals surface area contributed by atoms with Gasteiger partial charge >= 0.3 is 0 Å². The molecule has 6 rings (SSSR count). The Morgan fingerprint density at radius 2 is 1.84 bits per heavy atom. The van der Waals surface area contributed by atoms with Crippen molar-refractivity contribution in [2.45, 2.75) is 57.7 Å². The molecule has 3 aromatic carbocycles. The van der Waals surface area contributed by atoms with Crippen LogP contribution < -0.4 is 15.1 Å². The number of amides is 2. The summed E-state index contributed by atoms with van der Waals surface area (Å²) in [7, 11) is 4.03. The minimum atomic E-state index is -0.389. The quantitative estimate of drug-likeness (QED) is 0.517. The molecule has 3 aliphatic rings. The predicted octanol–water partition coefficient (Wildman–Crippen LogP) is 5.08. The maximum Gasteiger partial charge on any atom is 0.258 e. The Morgan fingerprint density at radius 3 is 2.57 bits per heavy atom. The van der Waals surface area contributed by atoms with Gasteiger partial charge in [-0.1, -0.05) is 24.3 Å². The van der Waals surface area contributed by atoms with Gasteiger partial charge in [-0.15, -0.1) is 0 Å². The minimum Gasteiger partial charge on any atom is -0.370 e. The number of carbonyl (C=O) groups excluding carboxylic acids is 2. The highest BCUT2D eigenvalue weighted by molar-refractivity contribution is 6.25. The Morgan fingerprint density at radius 1 is 1.08 bits per heavy atom. The highest BCUT2D eigenvalue weighted by atomic mass is 16.2. The van der Waals surface area contributed by atoms with Crippen LogP contribution in [-0.2, 0) is 5.54 Å². The molecular weight excluding hydrogens is 460 g/mol. The van der Waals surface area contributed by atoms with Crippen LogP contribution in [0.1, 0.15) is 65.0 Å². The number of likely N-dealkylation sites (N-methyl/N-ethyl adjacent to an activating group) is 1. The maximum atomic E-state index is 13.7. The molecule has 0 radical (unpaired) electrons. The number of carbonyl (C=O) groups is 2. The van der Waals surface area contributed by atoms with E-state index in [0.717, 1.165) is 76.8 Å². The van der Waals surface area contributed by atoms with Gasteiger partial charge in [-0.3, -0.25) is 14.5 Å². The van der Waals surface area contributed by atoms with Gasteiger partial charge in [0, 0.05) is 54.4 Å². The molecule has 1 N–H and O–H groups in total. The first kappa shape index (κ1) is 24.0. The zero-order chi connectivity index (χ0) is 26.1. The third kappa shape index (κ3) is 3.72. The van der Waals surface area contributed by atoms with Crippen molar-refractivity contribution in [3.8, 4) is 0 Å². The Balaban J connectivity index is 1.28. The molecule has 37 heavy (non-hydrogen) atoms. The average molecular weight is 497 g/mol. The summed E-state index contributed by atoms with van der Waals surface area (Å²) < 4.78 is 0. The third-order valence-electron chi connectivity index (χ3n) is 8.98. The van der Waals surface area contributed by atoms with Crippen molar-refractivity contribution in [1.82, 2.24) is 10.2 Å². The minimum absolute atomic E-state index is 0.0247. The van der Waals surface area contributed by atoms with Crippen LogP contribution in [0.2, 0.25) is 0 Å².